The molecule has 2 unspecified atom stereocenters. The first kappa shape index (κ1) is 9.02. The summed E-state index contributed by atoms with van der Waals surface area (Å²) in [6.07, 6.45) is 3.49. The molecule has 1 aliphatic carbocycles. The highest BCUT2D eigenvalue weighted by molar-refractivity contribution is 8.00. The van der Waals surface area contributed by atoms with E-state index in [4.69, 9.17) is 4.99 Å². The summed E-state index contributed by atoms with van der Waals surface area (Å²) in [5.74, 6) is 1.08. The summed E-state index contributed by atoms with van der Waals surface area (Å²) in [5.41, 5.74) is 5.12. The molecule has 0 radical (unpaired) electrons. The van der Waals surface area contributed by atoms with Gasteiger partial charge in [0, 0.05) is 40.4 Å². The fourth-order valence-electron chi connectivity index (χ4n) is 2.71. The zero-order valence-corrected chi connectivity index (χ0v) is 9.63. The predicted octanol–water partition coefficient (Wildman–Crippen LogP) is 2.59. The Morgan fingerprint density at radius 2 is 2.25 bits per heavy atom. The van der Waals surface area contributed by atoms with E-state index in [0.29, 0.717) is 11.3 Å². The number of rotatable bonds is 0. The van der Waals surface area contributed by atoms with Crippen LogP contribution in [0.3, 0.4) is 0 Å². The monoisotopic (exact) mass is 228 g/mol. The first-order valence-corrected chi connectivity index (χ1v) is 6.71. The molecule has 1 aromatic carbocycles. The van der Waals surface area contributed by atoms with Crippen LogP contribution in [0.4, 0.5) is 5.69 Å². The van der Waals surface area contributed by atoms with Crippen LogP contribution in [-0.2, 0) is 0 Å². The molecule has 1 aromatic rings. The predicted molar refractivity (Wildman–Crippen MR) is 69.3 cm³/mol. The van der Waals surface area contributed by atoms with Crippen molar-refractivity contribution in [3.63, 3.8) is 0 Å². The zero-order chi connectivity index (χ0) is 10.5. The lowest BCUT2D eigenvalue weighted by molar-refractivity contribution is 0.663. The van der Waals surface area contributed by atoms with Gasteiger partial charge in [-0.15, -0.1) is 11.8 Å². The molecule has 2 aliphatic heterocycles. The Morgan fingerprint density at radius 3 is 3.25 bits per heavy atom. The molecule has 0 amide bonds. The number of para-hydroxylation sites is 1. The van der Waals surface area contributed by atoms with Crippen molar-refractivity contribution in [3.8, 4) is 0 Å². The molecule has 80 valence electrons. The van der Waals surface area contributed by atoms with Crippen molar-refractivity contribution in [3.05, 3.63) is 35.9 Å². The van der Waals surface area contributed by atoms with Crippen LogP contribution in [0.5, 0.6) is 0 Å². The second-order valence-electron chi connectivity index (χ2n) is 4.44. The Bertz CT molecular complexity index is 518. The first-order valence-electron chi connectivity index (χ1n) is 5.66. The molecule has 1 saturated heterocycles. The van der Waals surface area contributed by atoms with Crippen LogP contribution in [0, 0.1) is 0 Å². The van der Waals surface area contributed by atoms with Gasteiger partial charge in [0.1, 0.15) is 0 Å². The summed E-state index contributed by atoms with van der Waals surface area (Å²) >= 11 is 2.02. The molecule has 0 saturated carbocycles. The van der Waals surface area contributed by atoms with E-state index in [-0.39, 0.29) is 0 Å². The molecule has 0 aromatic heterocycles. The van der Waals surface area contributed by atoms with Gasteiger partial charge in [-0.3, -0.25) is 4.99 Å². The number of hydrogen-bond acceptors (Lipinski definition) is 3. The molecular weight excluding hydrogens is 216 g/mol. The minimum Gasteiger partial charge on any atom is -0.300 e. The molecule has 4 rings (SSSR count). The maximum Gasteiger partial charge on any atom is 0.0712 e. The van der Waals surface area contributed by atoms with E-state index in [1.807, 2.05) is 11.8 Å². The highest BCUT2D eigenvalue weighted by Gasteiger charge is 2.35. The van der Waals surface area contributed by atoms with Crippen molar-refractivity contribution in [2.75, 3.05) is 5.88 Å². The van der Waals surface area contributed by atoms with E-state index in [1.165, 1.54) is 16.8 Å². The summed E-state index contributed by atoms with van der Waals surface area (Å²) in [7, 11) is 0. The van der Waals surface area contributed by atoms with Crippen molar-refractivity contribution in [2.24, 2.45) is 4.99 Å². The number of allylic oxidation sites excluding steroid dienone is 1. The van der Waals surface area contributed by atoms with Crippen molar-refractivity contribution in [1.29, 1.82) is 0 Å². The number of benzene rings is 1. The third kappa shape index (κ3) is 1.16. The third-order valence-electron chi connectivity index (χ3n) is 3.52. The van der Waals surface area contributed by atoms with Gasteiger partial charge in [-0.05, 0) is 6.07 Å². The highest BCUT2D eigenvalue weighted by atomic mass is 32.2. The number of thioether (sulfide) groups is 1. The molecule has 1 fully saturated rings. The normalized spacial score (nSPS) is 30.2. The van der Waals surface area contributed by atoms with E-state index in [1.54, 1.807) is 0 Å². The lowest BCUT2D eigenvalue weighted by Gasteiger charge is -2.22. The van der Waals surface area contributed by atoms with Crippen LogP contribution in [0.15, 0.2) is 35.3 Å². The summed E-state index contributed by atoms with van der Waals surface area (Å²) in [6.45, 7) is 0. The largest absolute Gasteiger partial charge is 0.300 e. The maximum absolute atomic E-state index is 4.74. The van der Waals surface area contributed by atoms with E-state index in [2.05, 4.69) is 35.7 Å². The number of nitrogens with one attached hydrogen (secondary N) is 1. The van der Waals surface area contributed by atoms with Crippen molar-refractivity contribution < 1.29 is 0 Å². The zero-order valence-electron chi connectivity index (χ0n) is 8.81. The smallest absolute Gasteiger partial charge is 0.0712 e. The average molecular weight is 228 g/mol. The van der Waals surface area contributed by atoms with E-state index < -0.39 is 0 Å². The average Bonchev–Trinajstić information content (AvgIpc) is 2.88. The number of aliphatic imine (C=N–C) groups is 1. The Hall–Kier alpha value is -1.06. The van der Waals surface area contributed by atoms with Crippen molar-refractivity contribution in [2.45, 2.75) is 17.7 Å². The van der Waals surface area contributed by atoms with Gasteiger partial charge in [-0.2, -0.15) is 0 Å². The lowest BCUT2D eigenvalue weighted by Crippen LogP contribution is -2.33. The minimum absolute atomic E-state index is 0.546. The van der Waals surface area contributed by atoms with Crippen LogP contribution >= 0.6 is 11.8 Å². The van der Waals surface area contributed by atoms with Crippen LogP contribution < -0.4 is 5.32 Å². The van der Waals surface area contributed by atoms with Crippen molar-refractivity contribution >= 4 is 28.7 Å². The third-order valence-corrected chi connectivity index (χ3v) is 4.74. The van der Waals surface area contributed by atoms with Gasteiger partial charge in [0.25, 0.3) is 0 Å². The van der Waals surface area contributed by atoms with Crippen LogP contribution in [0.25, 0.3) is 5.57 Å². The summed E-state index contributed by atoms with van der Waals surface area (Å²) in [4.78, 5) is 4.74. The molecular formula is C13H12N2S. The fourth-order valence-corrected chi connectivity index (χ4v) is 3.87. The van der Waals surface area contributed by atoms with E-state index in [0.717, 1.165) is 18.0 Å². The van der Waals surface area contributed by atoms with Crippen LogP contribution in [-0.4, -0.2) is 22.9 Å². The molecule has 3 aliphatic rings. The van der Waals surface area contributed by atoms with Crippen LogP contribution in [0.1, 0.15) is 12.0 Å². The minimum atomic E-state index is 0.546. The topological polar surface area (TPSA) is 24.4 Å². The molecule has 1 N–H and O–H groups in total. The Morgan fingerprint density at radius 1 is 1.31 bits per heavy atom. The molecule has 0 spiro atoms. The van der Waals surface area contributed by atoms with Gasteiger partial charge in [0.15, 0.2) is 0 Å². The quantitative estimate of drug-likeness (QED) is 0.738. The van der Waals surface area contributed by atoms with E-state index in [9.17, 15) is 0 Å². The molecule has 2 nitrogen and oxygen atoms in total. The first-order chi connectivity index (χ1) is 7.92. The number of nitrogens with zero attached hydrogens (tertiary/aromatic N) is 1. The molecule has 2 heterocycles. The van der Waals surface area contributed by atoms with Gasteiger partial charge in [-0.1, -0.05) is 24.3 Å². The van der Waals surface area contributed by atoms with Gasteiger partial charge in [-0.25, -0.2) is 0 Å². The Kier molecular flexibility index (Phi) is 1.81. The lowest BCUT2D eigenvalue weighted by atomic mass is 9.90. The van der Waals surface area contributed by atoms with Gasteiger partial charge in [0.05, 0.1) is 5.69 Å². The molecule has 2 atom stereocenters. The molecule has 3 heteroatoms. The van der Waals surface area contributed by atoms with Gasteiger partial charge < -0.3 is 5.32 Å². The number of fused-ring (bicyclic) bond motifs is 4. The van der Waals surface area contributed by atoms with Crippen molar-refractivity contribution in [1.82, 2.24) is 5.32 Å². The SMILES string of the molecule is C1=C2C(=Nc3ccccc32)CC2SCNC12. The second kappa shape index (κ2) is 3.22. The summed E-state index contributed by atoms with van der Waals surface area (Å²) in [6, 6.07) is 9.00. The standard InChI is InChI=1S/C13H12N2S/c1-2-4-10-8(3-1)9-5-12-13(16-7-14-12)6-11(9)15-10/h1-5,12-14H,6-7H2. The maximum atomic E-state index is 4.74. The Balaban J connectivity index is 1.86. The molecule has 0 bridgehead atoms. The fraction of sp³-hybridized carbons (Fsp3) is 0.308. The highest BCUT2D eigenvalue weighted by Crippen LogP contribution is 2.42. The Labute approximate surface area is 98.8 Å². The van der Waals surface area contributed by atoms with Gasteiger partial charge >= 0.3 is 0 Å². The van der Waals surface area contributed by atoms with Crippen LogP contribution in [0.2, 0.25) is 0 Å². The van der Waals surface area contributed by atoms with E-state index >= 15 is 0 Å². The molecule has 16 heavy (non-hydrogen) atoms. The summed E-state index contributed by atoms with van der Waals surface area (Å²) < 4.78 is 0. The van der Waals surface area contributed by atoms with Gasteiger partial charge in [0.2, 0.25) is 0 Å². The number of hydrogen-bond donors (Lipinski definition) is 1. The summed E-state index contributed by atoms with van der Waals surface area (Å²) in [5, 5.41) is 4.23. The second-order valence-corrected chi connectivity index (χ2v) is 5.67.